The van der Waals surface area contributed by atoms with E-state index in [1.807, 2.05) is 0 Å². The highest BCUT2D eigenvalue weighted by Crippen LogP contribution is 2.55. The third-order valence-electron chi connectivity index (χ3n) is 23.2. The second kappa shape index (κ2) is 21.4. The molecular formula is C88H84B2N4O2. The molecule has 0 amide bonds. The van der Waals surface area contributed by atoms with E-state index in [0.29, 0.717) is 0 Å². The Morgan fingerprint density at radius 1 is 0.312 bits per heavy atom. The van der Waals surface area contributed by atoms with Gasteiger partial charge < -0.3 is 29.1 Å². The van der Waals surface area contributed by atoms with Crippen LogP contribution in [0, 0.1) is 41.5 Å². The van der Waals surface area contributed by atoms with E-state index in [-0.39, 0.29) is 35.1 Å². The number of rotatable bonds is 8. The average molecular weight is 1250 g/mol. The monoisotopic (exact) mass is 1250 g/mol. The van der Waals surface area contributed by atoms with Crippen LogP contribution in [-0.4, -0.2) is 13.4 Å². The molecule has 6 aliphatic rings. The van der Waals surface area contributed by atoms with E-state index in [1.54, 1.807) is 0 Å². The van der Waals surface area contributed by atoms with Crippen LogP contribution in [0.5, 0.6) is 23.0 Å². The first-order chi connectivity index (χ1) is 46.1. The maximum Gasteiger partial charge on any atom is 0.256 e. The molecule has 6 nitrogen and oxygen atoms in total. The molecule has 0 fully saturated rings. The van der Waals surface area contributed by atoms with Gasteiger partial charge in [-0.05, 0) is 238 Å². The fraction of sp³-hybridized carbons (Fsp3) is 0.250. The van der Waals surface area contributed by atoms with Gasteiger partial charge in [0.1, 0.15) is 23.0 Å². The molecule has 0 N–H and O–H groups in total. The number of benzene rings is 11. The number of anilines is 12. The number of para-hydroxylation sites is 6. The molecule has 474 valence electrons. The van der Waals surface area contributed by atoms with E-state index in [2.05, 4.69) is 323 Å². The van der Waals surface area contributed by atoms with Gasteiger partial charge in [-0.15, -0.1) is 0 Å². The zero-order valence-electron chi connectivity index (χ0n) is 58.2. The summed E-state index contributed by atoms with van der Waals surface area (Å²) in [5.74, 6) is 3.29. The van der Waals surface area contributed by atoms with Crippen LogP contribution < -0.4 is 61.9 Å². The van der Waals surface area contributed by atoms with Gasteiger partial charge in [0, 0.05) is 63.7 Å². The highest BCUT2D eigenvalue weighted by Gasteiger charge is 2.50. The smallest absolute Gasteiger partial charge is 0.256 e. The Labute approximate surface area is 569 Å². The highest BCUT2D eigenvalue weighted by molar-refractivity contribution is 7.02. The maximum absolute atomic E-state index is 7.89. The van der Waals surface area contributed by atoms with E-state index >= 15 is 0 Å². The first-order valence-corrected chi connectivity index (χ1v) is 34.9. The zero-order valence-corrected chi connectivity index (χ0v) is 58.2. The number of hydrogen-bond acceptors (Lipinski definition) is 6. The Morgan fingerprint density at radius 3 is 1.26 bits per heavy atom. The third-order valence-corrected chi connectivity index (χ3v) is 23.2. The SMILES string of the molecule is Cc1ccccc1N(c1cc2c3c(c1)N(c1ccccc1)c1ccccc1B3c1cc3c(cc1O2)Oc1cc(N(c2ccccc2C)c2c(C)cccc2C)cc2c1B3c1cc3c(cc1N2c1ccc2c(c1)C(C)(C)CCC2(C)C)C(C)(C)CCC3(C)C)c1c(C)cccc1C. The van der Waals surface area contributed by atoms with Crippen molar-refractivity contribution in [3.8, 4) is 23.0 Å². The summed E-state index contributed by atoms with van der Waals surface area (Å²) < 4.78 is 15.6. The lowest BCUT2D eigenvalue weighted by Gasteiger charge is -2.47. The van der Waals surface area contributed by atoms with Crippen molar-refractivity contribution in [1.82, 2.24) is 0 Å². The largest absolute Gasteiger partial charge is 0.458 e. The lowest BCUT2D eigenvalue weighted by Crippen LogP contribution is -2.63. The molecule has 0 atom stereocenters. The topological polar surface area (TPSA) is 31.4 Å². The van der Waals surface area contributed by atoms with Gasteiger partial charge in [-0.1, -0.05) is 183 Å². The summed E-state index contributed by atoms with van der Waals surface area (Å²) in [6.45, 7) is 32.8. The van der Waals surface area contributed by atoms with Crippen LogP contribution in [0.4, 0.5) is 68.2 Å². The van der Waals surface area contributed by atoms with Gasteiger partial charge in [-0.3, -0.25) is 0 Å². The average Bonchev–Trinajstić information content (AvgIpc) is 0.704. The zero-order chi connectivity index (χ0) is 66.2. The molecule has 0 spiro atoms. The quantitative estimate of drug-likeness (QED) is 0.141. The Kier molecular flexibility index (Phi) is 13.4. The Hall–Kier alpha value is -9.65. The molecule has 96 heavy (non-hydrogen) atoms. The molecule has 11 aromatic rings. The molecule has 2 aliphatic carbocycles. The van der Waals surface area contributed by atoms with Crippen LogP contribution in [0.1, 0.15) is 137 Å². The standard InChI is InChI=1S/C88H84B2N4O2/c1-53-26-18-21-35-71(53)93(83-55(3)28-24-29-56(83)4)61-45-75-81-79(47-61)95-77-52-78-70(51-69(77)89(81)67-34-20-23-37-73(67)91(75)59-32-16-15-17-33-59)90-68-49-65-66(88(13,14)43-42-87(65,11)12)50-74(68)92(60-38-39-63-64(44-60)86(9,10)41-40-85(63,7)8)76-46-62(48-80(96-78)82(76)90)94(72-36-22-19-27-54(72)2)84-57(5)30-25-31-58(84)6/h15-39,44-52H,40-43H2,1-14H3. The molecule has 4 heterocycles. The fourth-order valence-electron chi connectivity index (χ4n) is 17.8. The molecule has 17 rings (SSSR count). The summed E-state index contributed by atoms with van der Waals surface area (Å²) in [4.78, 5) is 10.1. The number of fused-ring (bicyclic) bond motifs is 10. The second-order valence-electron chi connectivity index (χ2n) is 31.3. The van der Waals surface area contributed by atoms with Crippen LogP contribution in [-0.2, 0) is 21.7 Å². The molecule has 0 radical (unpaired) electrons. The van der Waals surface area contributed by atoms with Crippen LogP contribution in [0.2, 0.25) is 0 Å². The summed E-state index contributed by atoms with van der Waals surface area (Å²) in [7, 11) is 0. The van der Waals surface area contributed by atoms with Gasteiger partial charge in [0.15, 0.2) is 0 Å². The molecular weight excluding hydrogens is 1170 g/mol. The molecule has 0 aromatic heterocycles. The van der Waals surface area contributed by atoms with Crippen molar-refractivity contribution < 1.29 is 9.47 Å². The summed E-state index contributed by atoms with van der Waals surface area (Å²) in [5, 5.41) is 0. The Morgan fingerprint density at radius 2 is 0.740 bits per heavy atom. The predicted molar refractivity (Wildman–Crippen MR) is 407 cm³/mol. The summed E-state index contributed by atoms with van der Waals surface area (Å²) in [6, 6.07) is 78.2. The van der Waals surface area contributed by atoms with Crippen LogP contribution in [0.25, 0.3) is 0 Å². The van der Waals surface area contributed by atoms with Gasteiger partial charge in [-0.2, -0.15) is 0 Å². The normalized spacial score (nSPS) is 16.5. The van der Waals surface area contributed by atoms with Gasteiger partial charge in [-0.25, -0.2) is 0 Å². The predicted octanol–water partition coefficient (Wildman–Crippen LogP) is 20.0. The second-order valence-corrected chi connectivity index (χ2v) is 31.3. The number of hydrogen-bond donors (Lipinski definition) is 0. The van der Waals surface area contributed by atoms with Crippen LogP contribution in [0.3, 0.4) is 0 Å². The van der Waals surface area contributed by atoms with Crippen molar-refractivity contribution in [3.63, 3.8) is 0 Å². The van der Waals surface area contributed by atoms with Crippen molar-refractivity contribution in [1.29, 1.82) is 0 Å². The molecule has 4 aliphatic heterocycles. The Balaban J connectivity index is 0.955. The van der Waals surface area contributed by atoms with Crippen molar-refractivity contribution >= 4 is 114 Å². The van der Waals surface area contributed by atoms with Gasteiger partial charge in [0.05, 0.1) is 22.7 Å². The molecule has 0 bridgehead atoms. The third kappa shape index (κ3) is 9.06. The molecule has 8 heteroatoms. The minimum absolute atomic E-state index is 0.0193. The van der Waals surface area contributed by atoms with E-state index < -0.39 is 0 Å². The first-order valence-electron chi connectivity index (χ1n) is 34.9. The van der Waals surface area contributed by atoms with E-state index in [1.165, 1.54) is 89.1 Å². The highest BCUT2D eigenvalue weighted by atomic mass is 16.5. The molecule has 0 saturated heterocycles. The van der Waals surface area contributed by atoms with Crippen LogP contribution >= 0.6 is 0 Å². The van der Waals surface area contributed by atoms with Crippen molar-refractivity contribution in [2.75, 3.05) is 19.6 Å². The molecule has 11 aromatic carbocycles. The van der Waals surface area contributed by atoms with E-state index in [4.69, 9.17) is 9.47 Å². The summed E-state index contributed by atoms with van der Waals surface area (Å²) in [6.07, 6.45) is 4.49. The van der Waals surface area contributed by atoms with E-state index in [0.717, 1.165) is 116 Å². The summed E-state index contributed by atoms with van der Waals surface area (Å²) in [5.41, 5.74) is 33.5. The summed E-state index contributed by atoms with van der Waals surface area (Å²) >= 11 is 0. The van der Waals surface area contributed by atoms with Gasteiger partial charge in [0.2, 0.25) is 0 Å². The van der Waals surface area contributed by atoms with Crippen molar-refractivity contribution in [3.05, 3.63) is 262 Å². The molecule has 0 saturated carbocycles. The van der Waals surface area contributed by atoms with Gasteiger partial charge in [0.25, 0.3) is 13.4 Å². The van der Waals surface area contributed by atoms with Crippen molar-refractivity contribution in [2.24, 2.45) is 0 Å². The van der Waals surface area contributed by atoms with Gasteiger partial charge >= 0.3 is 0 Å². The Bertz CT molecular complexity index is 5060. The minimum atomic E-state index is -0.210. The lowest BCUT2D eigenvalue weighted by atomic mass is 9.31. The molecule has 0 unspecified atom stereocenters. The van der Waals surface area contributed by atoms with Crippen LogP contribution in [0.15, 0.2) is 206 Å². The number of ether oxygens (including phenoxy) is 2. The van der Waals surface area contributed by atoms with Crippen molar-refractivity contribution in [2.45, 2.75) is 144 Å². The first kappa shape index (κ1) is 60.0. The number of nitrogens with zero attached hydrogens (tertiary/aromatic N) is 4. The van der Waals surface area contributed by atoms with E-state index in [9.17, 15) is 0 Å². The fourth-order valence-corrected chi connectivity index (χ4v) is 17.8. The maximum atomic E-state index is 7.89. The minimum Gasteiger partial charge on any atom is -0.458 e. The number of aryl methyl sites for hydroxylation is 6. The lowest BCUT2D eigenvalue weighted by molar-refractivity contribution is 0.332.